The molecule has 0 unspecified atom stereocenters. The van der Waals surface area contributed by atoms with Crippen molar-refractivity contribution in [2.75, 3.05) is 19.5 Å². The molecule has 7 heteroatoms. The molecule has 0 aliphatic rings. The number of carbonyl (C=O) groups is 1. The zero-order valence-electron chi connectivity index (χ0n) is 16.4. The smallest absolute Gasteiger partial charge is 0.258 e. The summed E-state index contributed by atoms with van der Waals surface area (Å²) >= 11 is 0. The summed E-state index contributed by atoms with van der Waals surface area (Å²) in [7, 11) is 3.09. The zero-order chi connectivity index (χ0) is 20.7. The lowest BCUT2D eigenvalue weighted by molar-refractivity contribution is 0.102. The normalized spacial score (nSPS) is 11.1. The fourth-order valence-corrected chi connectivity index (χ4v) is 3.54. The second-order valence-electron chi connectivity index (χ2n) is 6.77. The van der Waals surface area contributed by atoms with Crippen LogP contribution in [-0.4, -0.2) is 34.5 Å². The quantitative estimate of drug-likeness (QED) is 0.488. The first-order chi connectivity index (χ1) is 14.7. The molecule has 2 heterocycles. The molecule has 30 heavy (non-hydrogen) atoms. The minimum absolute atomic E-state index is 0.325. The van der Waals surface area contributed by atoms with Crippen molar-refractivity contribution in [1.82, 2.24) is 14.4 Å². The Kier molecular flexibility index (Phi) is 4.21. The fraction of sp³-hybridized carbons (Fsp3) is 0.0870. The van der Waals surface area contributed by atoms with Gasteiger partial charge in [0, 0.05) is 17.0 Å². The first-order valence-electron chi connectivity index (χ1n) is 9.38. The predicted molar refractivity (Wildman–Crippen MR) is 115 cm³/mol. The van der Waals surface area contributed by atoms with Crippen molar-refractivity contribution in [3.8, 4) is 11.5 Å². The van der Waals surface area contributed by atoms with E-state index in [1.807, 2.05) is 52.9 Å². The van der Waals surface area contributed by atoms with Crippen molar-refractivity contribution in [3.05, 3.63) is 72.3 Å². The Balaban J connectivity index is 1.69. The van der Waals surface area contributed by atoms with Crippen LogP contribution < -0.4 is 14.8 Å². The predicted octanol–water partition coefficient (Wildman–Crippen LogP) is 4.31. The molecule has 7 nitrogen and oxygen atoms in total. The van der Waals surface area contributed by atoms with Gasteiger partial charge >= 0.3 is 0 Å². The minimum Gasteiger partial charge on any atom is -0.497 e. The van der Waals surface area contributed by atoms with Crippen molar-refractivity contribution in [1.29, 1.82) is 0 Å². The summed E-state index contributed by atoms with van der Waals surface area (Å²) in [5.41, 5.74) is 3.58. The molecule has 0 radical (unpaired) electrons. The molecule has 5 rings (SSSR count). The van der Waals surface area contributed by atoms with Gasteiger partial charge in [-0.1, -0.05) is 24.3 Å². The maximum Gasteiger partial charge on any atom is 0.258 e. The van der Waals surface area contributed by atoms with Crippen LogP contribution in [0.2, 0.25) is 0 Å². The molecular weight excluding hydrogens is 380 g/mol. The number of methoxy groups -OCH3 is 2. The highest BCUT2D eigenvalue weighted by Crippen LogP contribution is 2.28. The van der Waals surface area contributed by atoms with Crippen molar-refractivity contribution in [2.45, 2.75) is 0 Å². The van der Waals surface area contributed by atoms with Crippen LogP contribution in [0.4, 0.5) is 5.95 Å². The first kappa shape index (κ1) is 17.9. The number of aromatic nitrogens is 3. The van der Waals surface area contributed by atoms with Crippen LogP contribution in [0.5, 0.6) is 11.5 Å². The van der Waals surface area contributed by atoms with Crippen LogP contribution in [0, 0.1) is 0 Å². The number of benzene rings is 3. The van der Waals surface area contributed by atoms with Crippen LogP contribution >= 0.6 is 0 Å². The summed E-state index contributed by atoms with van der Waals surface area (Å²) in [5.74, 6) is 1.13. The van der Waals surface area contributed by atoms with Crippen molar-refractivity contribution in [2.24, 2.45) is 0 Å². The van der Waals surface area contributed by atoms with Gasteiger partial charge in [-0.3, -0.25) is 14.5 Å². The number of hydrogen-bond acceptors (Lipinski definition) is 5. The number of hydrogen-bond donors (Lipinski definition) is 1. The van der Waals surface area contributed by atoms with E-state index in [1.165, 1.54) is 0 Å². The second-order valence-corrected chi connectivity index (χ2v) is 6.77. The van der Waals surface area contributed by atoms with Gasteiger partial charge in [0.15, 0.2) is 0 Å². The molecule has 148 valence electrons. The summed E-state index contributed by atoms with van der Waals surface area (Å²) < 4.78 is 12.4. The molecule has 0 bridgehead atoms. The molecule has 3 aromatic carbocycles. The number of para-hydroxylation sites is 3. The number of amides is 1. The third kappa shape index (κ3) is 2.88. The highest BCUT2D eigenvalue weighted by molar-refractivity contribution is 6.06. The molecular formula is C23H18N4O3. The second kappa shape index (κ2) is 7.04. The highest BCUT2D eigenvalue weighted by atomic mass is 16.5. The van der Waals surface area contributed by atoms with Crippen molar-refractivity contribution in [3.63, 3.8) is 0 Å². The lowest BCUT2D eigenvalue weighted by Crippen LogP contribution is -2.16. The molecule has 0 spiro atoms. The molecule has 0 saturated carbocycles. The van der Waals surface area contributed by atoms with Gasteiger partial charge in [0.25, 0.3) is 5.91 Å². The zero-order valence-corrected chi connectivity index (χ0v) is 16.4. The van der Waals surface area contributed by atoms with E-state index in [9.17, 15) is 4.79 Å². The van der Waals surface area contributed by atoms with Gasteiger partial charge in [-0.15, -0.1) is 0 Å². The number of nitrogens with one attached hydrogen (secondary N) is 1. The van der Waals surface area contributed by atoms with Crippen LogP contribution in [-0.2, 0) is 0 Å². The number of ether oxygens (including phenoxy) is 2. The van der Waals surface area contributed by atoms with Crippen LogP contribution in [0.25, 0.3) is 27.6 Å². The number of anilines is 1. The summed E-state index contributed by atoms with van der Waals surface area (Å²) in [6.45, 7) is 0. The molecule has 0 atom stereocenters. The molecule has 1 amide bonds. The Hall–Kier alpha value is -4.13. The first-order valence-corrected chi connectivity index (χ1v) is 9.38. The third-order valence-electron chi connectivity index (χ3n) is 4.98. The molecule has 2 aromatic heterocycles. The molecule has 1 N–H and O–H groups in total. The SMILES string of the molecule is COc1cc(OC)cc(C(=O)Nc2nc3ccccc3c3nc4ccccc4n23)c1. The van der Waals surface area contributed by atoms with Crippen LogP contribution in [0.3, 0.4) is 0 Å². The van der Waals surface area contributed by atoms with Gasteiger partial charge in [-0.05, 0) is 36.4 Å². The third-order valence-corrected chi connectivity index (χ3v) is 4.98. The van der Waals surface area contributed by atoms with E-state index in [1.54, 1.807) is 32.4 Å². The van der Waals surface area contributed by atoms with E-state index in [0.717, 1.165) is 27.6 Å². The van der Waals surface area contributed by atoms with E-state index < -0.39 is 0 Å². The Labute approximate surface area is 171 Å². The lowest BCUT2D eigenvalue weighted by Gasteiger charge is -2.11. The van der Waals surface area contributed by atoms with E-state index >= 15 is 0 Å². The van der Waals surface area contributed by atoms with Crippen molar-refractivity contribution >= 4 is 39.4 Å². The molecule has 0 fully saturated rings. The maximum absolute atomic E-state index is 13.1. The van der Waals surface area contributed by atoms with Crippen LogP contribution in [0.1, 0.15) is 10.4 Å². The van der Waals surface area contributed by atoms with E-state index in [2.05, 4.69) is 5.32 Å². The number of imidazole rings is 1. The van der Waals surface area contributed by atoms with E-state index in [4.69, 9.17) is 19.4 Å². The Morgan fingerprint density at radius 2 is 1.53 bits per heavy atom. The number of carbonyl (C=O) groups excluding carboxylic acids is 1. The average Bonchev–Trinajstić information content (AvgIpc) is 3.19. The molecule has 0 aliphatic heterocycles. The van der Waals surface area contributed by atoms with E-state index in [0.29, 0.717) is 23.0 Å². The Morgan fingerprint density at radius 1 is 0.867 bits per heavy atom. The van der Waals surface area contributed by atoms with Gasteiger partial charge in [-0.2, -0.15) is 0 Å². The van der Waals surface area contributed by atoms with Gasteiger partial charge in [0.05, 0.1) is 30.8 Å². The number of fused-ring (bicyclic) bond motifs is 5. The fourth-order valence-electron chi connectivity index (χ4n) is 3.54. The average molecular weight is 398 g/mol. The molecule has 5 aromatic rings. The standard InChI is InChI=1S/C23H18N4O3/c1-29-15-11-14(12-16(13-15)30-2)22(28)26-23-25-18-8-4-3-7-17(18)21-24-19-9-5-6-10-20(19)27(21)23/h3-13H,1-2H3,(H,25,26,28). The van der Waals surface area contributed by atoms with Crippen LogP contribution in [0.15, 0.2) is 66.7 Å². The molecule has 0 aliphatic carbocycles. The largest absolute Gasteiger partial charge is 0.497 e. The van der Waals surface area contributed by atoms with Gasteiger partial charge in [0.1, 0.15) is 17.1 Å². The number of rotatable bonds is 4. The topological polar surface area (TPSA) is 77.8 Å². The van der Waals surface area contributed by atoms with Gasteiger partial charge in [0.2, 0.25) is 5.95 Å². The summed E-state index contributed by atoms with van der Waals surface area (Å²) in [5, 5.41) is 3.85. The summed E-state index contributed by atoms with van der Waals surface area (Å²) in [6.07, 6.45) is 0. The lowest BCUT2D eigenvalue weighted by atomic mass is 10.2. The Morgan fingerprint density at radius 3 is 2.27 bits per heavy atom. The Bertz CT molecular complexity index is 1400. The van der Waals surface area contributed by atoms with Gasteiger partial charge in [-0.25, -0.2) is 9.97 Å². The maximum atomic E-state index is 13.1. The minimum atomic E-state index is -0.325. The number of nitrogens with zero attached hydrogens (tertiary/aromatic N) is 3. The molecule has 0 saturated heterocycles. The highest BCUT2D eigenvalue weighted by Gasteiger charge is 2.17. The summed E-state index contributed by atoms with van der Waals surface area (Å²) in [4.78, 5) is 22.6. The monoisotopic (exact) mass is 398 g/mol. The van der Waals surface area contributed by atoms with E-state index in [-0.39, 0.29) is 5.91 Å². The van der Waals surface area contributed by atoms with Crippen molar-refractivity contribution < 1.29 is 14.3 Å². The van der Waals surface area contributed by atoms with Gasteiger partial charge < -0.3 is 9.47 Å². The summed E-state index contributed by atoms with van der Waals surface area (Å²) in [6, 6.07) is 20.5.